The molecule has 8 nitrogen and oxygen atoms in total. The van der Waals surface area contributed by atoms with Gasteiger partial charge in [0, 0.05) is 24.5 Å². The molecule has 1 aromatic carbocycles. The Balaban J connectivity index is 1.59. The highest BCUT2D eigenvalue weighted by Crippen LogP contribution is 2.30. The van der Waals surface area contributed by atoms with E-state index in [4.69, 9.17) is 14.2 Å². The molecule has 1 saturated carbocycles. The number of benzene rings is 1. The minimum absolute atomic E-state index is 0.0172. The predicted molar refractivity (Wildman–Crippen MR) is 98.6 cm³/mol. The summed E-state index contributed by atoms with van der Waals surface area (Å²) in [6, 6.07) is 4.42. The standard InChI is InChI=1S/C18H23N3O5S/c1-24-16-8-7-15(11-17(16)25-2)27(22,23)21-13-3-5-14(6-4-13)26-18-12-19-9-10-20-18/h7-14,21H,3-6H2,1-2H3. The Morgan fingerprint density at radius 3 is 2.41 bits per heavy atom. The maximum atomic E-state index is 12.7. The Hall–Kier alpha value is -2.39. The highest BCUT2D eigenvalue weighted by Gasteiger charge is 2.27. The zero-order valence-corrected chi connectivity index (χ0v) is 16.1. The van der Waals surface area contributed by atoms with Gasteiger partial charge in [0.1, 0.15) is 6.10 Å². The van der Waals surface area contributed by atoms with Crippen molar-refractivity contribution in [3.8, 4) is 17.4 Å². The van der Waals surface area contributed by atoms with E-state index < -0.39 is 10.0 Å². The van der Waals surface area contributed by atoms with Crippen molar-refractivity contribution >= 4 is 10.0 Å². The molecule has 0 bridgehead atoms. The van der Waals surface area contributed by atoms with Crippen LogP contribution >= 0.6 is 0 Å². The van der Waals surface area contributed by atoms with Crippen molar-refractivity contribution in [1.82, 2.24) is 14.7 Å². The van der Waals surface area contributed by atoms with E-state index in [9.17, 15) is 8.42 Å². The SMILES string of the molecule is COc1ccc(S(=O)(=O)NC2CCC(Oc3cnccn3)CC2)cc1OC. The maximum Gasteiger partial charge on any atom is 0.240 e. The van der Waals surface area contributed by atoms with Crippen LogP contribution in [0.1, 0.15) is 25.7 Å². The molecule has 0 amide bonds. The highest BCUT2D eigenvalue weighted by molar-refractivity contribution is 7.89. The number of nitrogens with one attached hydrogen (secondary N) is 1. The number of hydrogen-bond donors (Lipinski definition) is 1. The third-order valence-electron chi connectivity index (χ3n) is 4.49. The molecule has 2 aromatic rings. The summed E-state index contributed by atoms with van der Waals surface area (Å²) >= 11 is 0. The second-order valence-corrected chi connectivity index (χ2v) is 7.99. The van der Waals surface area contributed by atoms with Crippen LogP contribution < -0.4 is 18.9 Å². The Morgan fingerprint density at radius 2 is 1.78 bits per heavy atom. The van der Waals surface area contributed by atoms with Gasteiger partial charge in [-0.2, -0.15) is 0 Å². The van der Waals surface area contributed by atoms with Crippen molar-refractivity contribution in [3.63, 3.8) is 0 Å². The first-order valence-corrected chi connectivity index (χ1v) is 10.2. The quantitative estimate of drug-likeness (QED) is 0.769. The summed E-state index contributed by atoms with van der Waals surface area (Å²) in [6.45, 7) is 0. The van der Waals surface area contributed by atoms with Crippen LogP contribution in [0.3, 0.4) is 0 Å². The molecule has 1 fully saturated rings. The van der Waals surface area contributed by atoms with Gasteiger partial charge >= 0.3 is 0 Å². The average molecular weight is 393 g/mol. The molecule has 1 heterocycles. The van der Waals surface area contributed by atoms with Gasteiger partial charge in [-0.1, -0.05) is 0 Å². The molecular formula is C18H23N3O5S. The van der Waals surface area contributed by atoms with E-state index in [1.807, 2.05) is 0 Å². The van der Waals surface area contributed by atoms with Gasteiger partial charge in [0.15, 0.2) is 11.5 Å². The van der Waals surface area contributed by atoms with Crippen molar-refractivity contribution in [1.29, 1.82) is 0 Å². The largest absolute Gasteiger partial charge is 0.493 e. The van der Waals surface area contributed by atoms with E-state index in [1.165, 1.54) is 26.4 Å². The van der Waals surface area contributed by atoms with Crippen LogP contribution in [0.25, 0.3) is 0 Å². The number of rotatable bonds is 7. The molecule has 27 heavy (non-hydrogen) atoms. The molecule has 9 heteroatoms. The van der Waals surface area contributed by atoms with Gasteiger partial charge < -0.3 is 14.2 Å². The zero-order chi connectivity index (χ0) is 19.3. The summed E-state index contributed by atoms with van der Waals surface area (Å²) in [4.78, 5) is 8.23. The van der Waals surface area contributed by atoms with Gasteiger partial charge in [-0.25, -0.2) is 18.1 Å². The predicted octanol–water partition coefficient (Wildman–Crippen LogP) is 2.16. The lowest BCUT2D eigenvalue weighted by Crippen LogP contribution is -2.39. The van der Waals surface area contributed by atoms with Crippen LogP contribution in [0.15, 0.2) is 41.7 Å². The fourth-order valence-electron chi connectivity index (χ4n) is 3.09. The van der Waals surface area contributed by atoms with E-state index in [1.54, 1.807) is 24.7 Å². The Kier molecular flexibility index (Phi) is 6.12. The molecule has 3 rings (SSSR count). The van der Waals surface area contributed by atoms with Crippen LogP contribution in [-0.2, 0) is 10.0 Å². The Labute approximate surface area is 158 Å². The van der Waals surface area contributed by atoms with Gasteiger partial charge in [0.25, 0.3) is 0 Å². The normalized spacial score (nSPS) is 20.1. The van der Waals surface area contributed by atoms with Gasteiger partial charge in [-0.05, 0) is 37.8 Å². The van der Waals surface area contributed by atoms with E-state index in [0.717, 1.165) is 12.8 Å². The lowest BCUT2D eigenvalue weighted by atomic mass is 9.94. The Morgan fingerprint density at radius 1 is 1.04 bits per heavy atom. The van der Waals surface area contributed by atoms with Crippen LogP contribution in [0.5, 0.6) is 17.4 Å². The van der Waals surface area contributed by atoms with Gasteiger partial charge in [0.05, 0.1) is 25.3 Å². The topological polar surface area (TPSA) is 99.6 Å². The molecule has 0 saturated heterocycles. The second kappa shape index (κ2) is 8.53. The zero-order valence-electron chi connectivity index (χ0n) is 15.3. The number of aromatic nitrogens is 2. The number of sulfonamides is 1. The minimum Gasteiger partial charge on any atom is -0.493 e. The van der Waals surface area contributed by atoms with E-state index in [-0.39, 0.29) is 17.0 Å². The molecule has 0 atom stereocenters. The first-order valence-electron chi connectivity index (χ1n) is 8.69. The summed E-state index contributed by atoms with van der Waals surface area (Å²) in [5.41, 5.74) is 0. The lowest BCUT2D eigenvalue weighted by molar-refractivity contribution is 0.138. The third-order valence-corrected chi connectivity index (χ3v) is 6.01. The summed E-state index contributed by atoms with van der Waals surface area (Å²) in [7, 11) is -0.664. The monoisotopic (exact) mass is 393 g/mol. The lowest BCUT2D eigenvalue weighted by Gasteiger charge is -2.29. The molecule has 0 unspecified atom stereocenters. The van der Waals surface area contributed by atoms with Crippen molar-refractivity contribution in [2.24, 2.45) is 0 Å². The summed E-state index contributed by atoms with van der Waals surface area (Å²) in [5.74, 6) is 1.35. The van der Waals surface area contributed by atoms with Gasteiger partial charge in [0.2, 0.25) is 15.9 Å². The maximum absolute atomic E-state index is 12.7. The van der Waals surface area contributed by atoms with Crippen LogP contribution in [0.4, 0.5) is 0 Å². The van der Waals surface area contributed by atoms with Crippen LogP contribution in [-0.4, -0.2) is 44.8 Å². The van der Waals surface area contributed by atoms with E-state index in [2.05, 4.69) is 14.7 Å². The smallest absolute Gasteiger partial charge is 0.240 e. The summed E-state index contributed by atoms with van der Waals surface area (Å²) in [5, 5.41) is 0. The number of methoxy groups -OCH3 is 2. The van der Waals surface area contributed by atoms with Crippen LogP contribution in [0.2, 0.25) is 0 Å². The Bertz CT molecular complexity index is 853. The van der Waals surface area contributed by atoms with Crippen molar-refractivity contribution in [2.45, 2.75) is 42.7 Å². The number of hydrogen-bond acceptors (Lipinski definition) is 7. The molecule has 1 N–H and O–H groups in total. The average Bonchev–Trinajstić information content (AvgIpc) is 2.69. The first-order chi connectivity index (χ1) is 13.0. The third kappa shape index (κ3) is 4.86. The second-order valence-electron chi connectivity index (χ2n) is 6.27. The highest BCUT2D eigenvalue weighted by atomic mass is 32.2. The fourth-order valence-corrected chi connectivity index (χ4v) is 4.41. The van der Waals surface area contributed by atoms with Gasteiger partial charge in [-0.15, -0.1) is 0 Å². The summed E-state index contributed by atoms with van der Waals surface area (Å²) < 4.78 is 44.3. The molecular weight excluding hydrogens is 370 g/mol. The van der Waals surface area contributed by atoms with E-state index >= 15 is 0 Å². The van der Waals surface area contributed by atoms with Crippen molar-refractivity contribution in [2.75, 3.05) is 14.2 Å². The molecule has 1 aliphatic carbocycles. The molecule has 0 aliphatic heterocycles. The molecule has 1 aliphatic rings. The number of nitrogens with zero attached hydrogens (tertiary/aromatic N) is 2. The number of ether oxygens (including phenoxy) is 3. The van der Waals surface area contributed by atoms with Crippen LogP contribution in [0, 0.1) is 0 Å². The minimum atomic E-state index is -3.64. The summed E-state index contributed by atoms with van der Waals surface area (Å²) in [6.07, 6.45) is 7.64. The molecule has 146 valence electrons. The van der Waals surface area contributed by atoms with Crippen molar-refractivity contribution < 1.29 is 22.6 Å². The van der Waals surface area contributed by atoms with E-state index in [0.29, 0.717) is 30.2 Å². The fraction of sp³-hybridized carbons (Fsp3) is 0.444. The molecule has 0 radical (unpaired) electrons. The van der Waals surface area contributed by atoms with Crippen molar-refractivity contribution in [3.05, 3.63) is 36.8 Å². The van der Waals surface area contributed by atoms with Gasteiger partial charge in [-0.3, -0.25) is 4.98 Å². The first kappa shape index (κ1) is 19.4. The molecule has 0 spiro atoms. The molecule has 1 aromatic heterocycles.